The molecule has 1 unspecified atom stereocenters. The van der Waals surface area contributed by atoms with Crippen molar-refractivity contribution in [3.8, 4) is 0 Å². The lowest BCUT2D eigenvalue weighted by Gasteiger charge is -2.30. The molecule has 0 bridgehead atoms. The zero-order valence-corrected chi connectivity index (χ0v) is 29.1. The minimum Gasteiger partial charge on any atom is -0.465 e. The van der Waals surface area contributed by atoms with Crippen molar-refractivity contribution in [2.24, 2.45) is 0 Å². The summed E-state index contributed by atoms with van der Waals surface area (Å²) in [6.07, 6.45) is 1.55. The summed E-state index contributed by atoms with van der Waals surface area (Å²) in [5.41, 5.74) is 2.91. The first-order valence-corrected chi connectivity index (χ1v) is 17.7. The van der Waals surface area contributed by atoms with Crippen molar-refractivity contribution in [2.75, 3.05) is 39.9 Å². The van der Waals surface area contributed by atoms with E-state index in [1.54, 1.807) is 23.3 Å². The van der Waals surface area contributed by atoms with Crippen LogP contribution in [0.3, 0.4) is 0 Å². The molecule has 48 heavy (non-hydrogen) atoms. The Morgan fingerprint density at radius 2 is 1.48 bits per heavy atom. The van der Waals surface area contributed by atoms with Gasteiger partial charge in [0.05, 0.1) is 30.5 Å². The SMILES string of the molecule is CC(C)c1nc(CN(C)C(=O)NC(CCN2CCOCC2)C(=O)N[C@H](CC[C@@H](Cc2ccccc2)NC(=O)O)Cc2ccccc2)cs1. The van der Waals surface area contributed by atoms with Crippen LogP contribution in [0, 0.1) is 0 Å². The number of amides is 4. The number of carbonyl (C=O) groups is 3. The lowest BCUT2D eigenvalue weighted by Crippen LogP contribution is -2.54. The smallest absolute Gasteiger partial charge is 0.404 e. The van der Waals surface area contributed by atoms with Gasteiger partial charge in [-0.1, -0.05) is 74.5 Å². The number of thiazole rings is 1. The molecule has 4 N–H and O–H groups in total. The van der Waals surface area contributed by atoms with Crippen molar-refractivity contribution in [3.05, 3.63) is 87.9 Å². The average Bonchev–Trinajstić information content (AvgIpc) is 3.55. The summed E-state index contributed by atoms with van der Waals surface area (Å²) >= 11 is 1.59. The largest absolute Gasteiger partial charge is 0.465 e. The fraction of sp³-hybridized carbons (Fsp3) is 0.500. The van der Waals surface area contributed by atoms with E-state index >= 15 is 0 Å². The Kier molecular flexibility index (Phi) is 14.7. The first kappa shape index (κ1) is 36.8. The zero-order chi connectivity index (χ0) is 34.3. The van der Waals surface area contributed by atoms with Crippen LogP contribution in [-0.2, 0) is 28.9 Å². The molecule has 0 saturated carbocycles. The molecule has 0 spiro atoms. The van der Waals surface area contributed by atoms with E-state index in [0.29, 0.717) is 64.3 Å². The molecule has 3 aromatic rings. The van der Waals surface area contributed by atoms with Gasteiger partial charge in [-0.05, 0) is 43.2 Å². The quantitative estimate of drug-likeness (QED) is 0.160. The number of ether oxygens (including phenoxy) is 1. The van der Waals surface area contributed by atoms with Gasteiger partial charge in [0.1, 0.15) is 6.04 Å². The van der Waals surface area contributed by atoms with Gasteiger partial charge < -0.3 is 30.7 Å². The van der Waals surface area contributed by atoms with E-state index in [-0.39, 0.29) is 24.0 Å². The van der Waals surface area contributed by atoms with Crippen LogP contribution in [0.5, 0.6) is 0 Å². The third kappa shape index (κ3) is 12.6. The Bertz CT molecular complexity index is 1420. The molecule has 0 aliphatic carbocycles. The van der Waals surface area contributed by atoms with Crippen molar-refractivity contribution in [2.45, 2.75) is 76.5 Å². The van der Waals surface area contributed by atoms with Crippen molar-refractivity contribution < 1.29 is 24.2 Å². The number of carbonyl (C=O) groups excluding carboxylic acids is 2. The van der Waals surface area contributed by atoms with Crippen LogP contribution in [0.25, 0.3) is 0 Å². The number of rotatable bonds is 17. The number of benzene rings is 2. The van der Waals surface area contributed by atoms with Gasteiger partial charge in [-0.15, -0.1) is 11.3 Å². The van der Waals surface area contributed by atoms with E-state index < -0.39 is 12.1 Å². The molecular weight excluding hydrogens is 629 g/mol. The van der Waals surface area contributed by atoms with Gasteiger partial charge in [-0.2, -0.15) is 0 Å². The van der Waals surface area contributed by atoms with E-state index in [9.17, 15) is 19.5 Å². The number of morpholine rings is 1. The number of carboxylic acid groups (broad SMARTS) is 1. The molecule has 1 aromatic heterocycles. The Balaban J connectivity index is 1.46. The molecule has 2 aromatic carbocycles. The monoisotopic (exact) mass is 678 g/mol. The summed E-state index contributed by atoms with van der Waals surface area (Å²) in [6.45, 7) is 8.00. The highest BCUT2D eigenvalue weighted by Crippen LogP contribution is 2.20. The van der Waals surface area contributed by atoms with Gasteiger partial charge in [0, 0.05) is 50.1 Å². The molecule has 4 rings (SSSR count). The Morgan fingerprint density at radius 3 is 2.02 bits per heavy atom. The van der Waals surface area contributed by atoms with E-state index in [4.69, 9.17) is 4.74 Å². The highest BCUT2D eigenvalue weighted by Gasteiger charge is 2.27. The number of aromatic nitrogens is 1. The summed E-state index contributed by atoms with van der Waals surface area (Å²) in [4.78, 5) is 47.6. The minimum atomic E-state index is -1.08. The molecular formula is C36H50N6O5S. The highest BCUT2D eigenvalue weighted by atomic mass is 32.1. The summed E-state index contributed by atoms with van der Waals surface area (Å²) in [5.74, 6) is 0.0565. The van der Waals surface area contributed by atoms with Crippen molar-refractivity contribution in [3.63, 3.8) is 0 Å². The van der Waals surface area contributed by atoms with Gasteiger partial charge in [0.25, 0.3) is 0 Å². The van der Waals surface area contributed by atoms with Gasteiger partial charge in [-0.3, -0.25) is 9.69 Å². The van der Waals surface area contributed by atoms with Crippen molar-refractivity contribution in [1.82, 2.24) is 30.7 Å². The molecule has 260 valence electrons. The third-order valence-corrected chi connectivity index (χ3v) is 9.64. The fourth-order valence-corrected chi connectivity index (χ4v) is 6.59. The van der Waals surface area contributed by atoms with Gasteiger partial charge in [-0.25, -0.2) is 14.6 Å². The molecule has 0 radical (unpaired) electrons. The standard InChI is InChI=1S/C36H50N6O5S/c1-26(2)34-38-31(25-48-34)24-41(3)35(44)40-32(16-17-42-18-20-47-21-19-42)33(43)37-29(22-27-10-6-4-7-11-27)14-15-30(39-36(45)46)23-28-12-8-5-9-13-28/h4-13,25-26,29-30,32,39H,14-24H2,1-3H3,(H,37,43)(H,40,44)(H,45,46)/t29-,30+,32?/m1/s1. The maximum atomic E-state index is 14.0. The van der Waals surface area contributed by atoms with Gasteiger partial charge >= 0.3 is 12.1 Å². The molecule has 1 aliphatic rings. The highest BCUT2D eigenvalue weighted by molar-refractivity contribution is 7.09. The summed E-state index contributed by atoms with van der Waals surface area (Å²) < 4.78 is 5.50. The van der Waals surface area contributed by atoms with Crippen LogP contribution in [0.2, 0.25) is 0 Å². The van der Waals surface area contributed by atoms with E-state index in [1.165, 1.54) is 0 Å². The maximum absolute atomic E-state index is 14.0. The number of nitrogens with zero attached hydrogens (tertiary/aromatic N) is 3. The van der Waals surface area contributed by atoms with E-state index in [0.717, 1.165) is 34.9 Å². The molecule has 1 aliphatic heterocycles. The topological polar surface area (TPSA) is 136 Å². The normalized spacial score (nSPS) is 15.3. The van der Waals surface area contributed by atoms with Crippen molar-refractivity contribution in [1.29, 1.82) is 0 Å². The number of urea groups is 1. The number of hydrogen-bond acceptors (Lipinski definition) is 7. The maximum Gasteiger partial charge on any atom is 0.404 e. The van der Waals surface area contributed by atoms with Crippen LogP contribution in [0.4, 0.5) is 9.59 Å². The van der Waals surface area contributed by atoms with Crippen LogP contribution in [-0.4, -0.2) is 95.9 Å². The molecule has 2 heterocycles. The predicted molar refractivity (Wildman–Crippen MR) is 188 cm³/mol. The predicted octanol–water partition coefficient (Wildman–Crippen LogP) is 4.89. The summed E-state index contributed by atoms with van der Waals surface area (Å²) in [7, 11) is 1.71. The molecule has 12 heteroatoms. The Labute approximate surface area is 288 Å². The lowest BCUT2D eigenvalue weighted by molar-refractivity contribution is -0.124. The second-order valence-corrected chi connectivity index (χ2v) is 13.6. The van der Waals surface area contributed by atoms with Crippen LogP contribution in [0.1, 0.15) is 60.9 Å². The average molecular weight is 679 g/mol. The van der Waals surface area contributed by atoms with Gasteiger partial charge in [0.15, 0.2) is 0 Å². The van der Waals surface area contributed by atoms with E-state index in [2.05, 4.69) is 39.7 Å². The second-order valence-electron chi connectivity index (χ2n) is 12.7. The first-order valence-electron chi connectivity index (χ1n) is 16.8. The Hall–Kier alpha value is -4.00. The molecule has 1 fully saturated rings. The second kappa shape index (κ2) is 19.1. The van der Waals surface area contributed by atoms with Crippen LogP contribution in [0.15, 0.2) is 66.0 Å². The molecule has 3 atom stereocenters. The number of nitrogens with one attached hydrogen (secondary N) is 3. The molecule has 1 saturated heterocycles. The van der Waals surface area contributed by atoms with Gasteiger partial charge in [0.2, 0.25) is 5.91 Å². The van der Waals surface area contributed by atoms with E-state index in [1.807, 2.05) is 66.0 Å². The molecule has 11 nitrogen and oxygen atoms in total. The summed E-state index contributed by atoms with van der Waals surface area (Å²) in [5, 5.41) is 21.5. The first-order chi connectivity index (χ1) is 23.2. The minimum absolute atomic E-state index is 0.257. The summed E-state index contributed by atoms with van der Waals surface area (Å²) in [6, 6.07) is 18.0. The molecule has 4 amide bonds. The fourth-order valence-electron chi connectivity index (χ4n) is 5.77. The zero-order valence-electron chi connectivity index (χ0n) is 28.3. The third-order valence-electron chi connectivity index (χ3n) is 8.45. The van der Waals surface area contributed by atoms with Crippen LogP contribution >= 0.6 is 11.3 Å². The number of hydrogen-bond donors (Lipinski definition) is 4. The lowest BCUT2D eigenvalue weighted by atomic mass is 9.95. The van der Waals surface area contributed by atoms with Crippen molar-refractivity contribution >= 4 is 29.4 Å². The Morgan fingerprint density at radius 1 is 0.896 bits per heavy atom. The van der Waals surface area contributed by atoms with Crippen LogP contribution < -0.4 is 16.0 Å².